The maximum absolute atomic E-state index is 12.7. The molecular formula is C17H15Cl2N3O4. The highest BCUT2D eigenvalue weighted by molar-refractivity contribution is 6.35. The highest BCUT2D eigenvalue weighted by Crippen LogP contribution is 2.27. The summed E-state index contributed by atoms with van der Waals surface area (Å²) in [7, 11) is 0. The van der Waals surface area contributed by atoms with Gasteiger partial charge in [-0.3, -0.25) is 14.4 Å². The first-order valence-electron chi connectivity index (χ1n) is 7.82. The predicted molar refractivity (Wildman–Crippen MR) is 96.4 cm³/mol. The highest BCUT2D eigenvalue weighted by atomic mass is 35.5. The van der Waals surface area contributed by atoms with E-state index in [0.29, 0.717) is 35.1 Å². The highest BCUT2D eigenvalue weighted by Gasteiger charge is 2.35. The Hall–Kier alpha value is -2.51. The van der Waals surface area contributed by atoms with Crippen LogP contribution in [0.2, 0.25) is 10.0 Å². The lowest BCUT2D eigenvalue weighted by molar-refractivity contribution is -0.119. The second kappa shape index (κ2) is 7.39. The van der Waals surface area contributed by atoms with Crippen molar-refractivity contribution >= 4 is 46.6 Å². The van der Waals surface area contributed by atoms with E-state index in [0.717, 1.165) is 6.26 Å². The fraction of sp³-hybridized carbons (Fsp3) is 0.235. The van der Waals surface area contributed by atoms with Gasteiger partial charge in [0.15, 0.2) is 5.76 Å². The molecule has 26 heavy (non-hydrogen) atoms. The van der Waals surface area contributed by atoms with Gasteiger partial charge in [-0.1, -0.05) is 23.2 Å². The van der Waals surface area contributed by atoms with Gasteiger partial charge in [0, 0.05) is 17.6 Å². The third-order valence-corrected chi connectivity index (χ3v) is 4.66. The summed E-state index contributed by atoms with van der Waals surface area (Å²) >= 11 is 12.0. The molecule has 3 N–H and O–H groups in total. The van der Waals surface area contributed by atoms with Crippen LogP contribution in [0.3, 0.4) is 0 Å². The zero-order chi connectivity index (χ0) is 18.8. The van der Waals surface area contributed by atoms with Crippen molar-refractivity contribution in [3.8, 4) is 0 Å². The van der Waals surface area contributed by atoms with E-state index < -0.39 is 17.9 Å². The van der Waals surface area contributed by atoms with E-state index in [-0.39, 0.29) is 17.2 Å². The first kappa shape index (κ1) is 18.3. The van der Waals surface area contributed by atoms with E-state index >= 15 is 0 Å². The van der Waals surface area contributed by atoms with Crippen LogP contribution in [-0.2, 0) is 4.79 Å². The largest absolute Gasteiger partial charge is 0.458 e. The molecule has 7 nitrogen and oxygen atoms in total. The summed E-state index contributed by atoms with van der Waals surface area (Å²) in [4.78, 5) is 37.8. The van der Waals surface area contributed by atoms with Crippen LogP contribution in [0.25, 0.3) is 0 Å². The van der Waals surface area contributed by atoms with Gasteiger partial charge in [-0.15, -0.1) is 0 Å². The van der Waals surface area contributed by atoms with E-state index in [1.54, 1.807) is 12.1 Å². The molecule has 3 rings (SSSR count). The van der Waals surface area contributed by atoms with Crippen LogP contribution in [0.15, 0.2) is 34.9 Å². The molecule has 1 aromatic carbocycles. The number of hydrogen-bond acceptors (Lipinski definition) is 4. The summed E-state index contributed by atoms with van der Waals surface area (Å²) in [5.41, 5.74) is 5.67. The summed E-state index contributed by atoms with van der Waals surface area (Å²) < 4.78 is 4.97. The van der Waals surface area contributed by atoms with Crippen LogP contribution in [0.5, 0.6) is 0 Å². The maximum atomic E-state index is 12.7. The minimum absolute atomic E-state index is 0.112. The molecule has 3 amide bonds. The number of amides is 3. The number of nitrogens with one attached hydrogen (secondary N) is 1. The van der Waals surface area contributed by atoms with Crippen LogP contribution in [0, 0.1) is 0 Å². The normalized spacial score (nSPS) is 16.5. The Balaban J connectivity index is 1.76. The molecule has 0 bridgehead atoms. The lowest BCUT2D eigenvalue weighted by Gasteiger charge is -2.23. The summed E-state index contributed by atoms with van der Waals surface area (Å²) in [6.45, 7) is 0.414. The summed E-state index contributed by atoms with van der Waals surface area (Å²) in [5.74, 6) is -1.65. The molecule has 1 unspecified atom stereocenters. The van der Waals surface area contributed by atoms with Crippen molar-refractivity contribution in [2.45, 2.75) is 18.9 Å². The summed E-state index contributed by atoms with van der Waals surface area (Å²) in [5, 5.41) is 3.48. The standard InChI is InChI=1S/C17H15Cl2N3O4/c18-10-3-4-11(19)12(7-10)21-16(24)13-2-1-5-22(13)17(25)9-6-14(15(20)23)26-8-9/h3-4,6-8,13H,1-2,5H2,(H2,20,23)(H,21,24). The Morgan fingerprint density at radius 1 is 1.23 bits per heavy atom. The van der Waals surface area contributed by atoms with Gasteiger partial charge in [-0.05, 0) is 31.0 Å². The molecule has 9 heteroatoms. The molecule has 0 saturated carbocycles. The molecule has 2 aromatic rings. The van der Waals surface area contributed by atoms with Crippen molar-refractivity contribution in [1.82, 2.24) is 4.90 Å². The second-order valence-electron chi connectivity index (χ2n) is 5.83. The SMILES string of the molecule is NC(=O)c1cc(C(=O)N2CCCC2C(=O)Nc2cc(Cl)ccc2Cl)co1. The van der Waals surface area contributed by atoms with Crippen molar-refractivity contribution in [3.63, 3.8) is 0 Å². The van der Waals surface area contributed by atoms with Crippen LogP contribution < -0.4 is 11.1 Å². The van der Waals surface area contributed by atoms with Gasteiger partial charge < -0.3 is 20.4 Å². The van der Waals surface area contributed by atoms with Gasteiger partial charge in [0.1, 0.15) is 12.3 Å². The minimum atomic E-state index is -0.768. The predicted octanol–water partition coefficient (Wildman–Crippen LogP) is 2.93. The topological polar surface area (TPSA) is 106 Å². The summed E-state index contributed by atoms with van der Waals surface area (Å²) in [6, 6.07) is 5.34. The average molecular weight is 396 g/mol. The average Bonchev–Trinajstić information content (AvgIpc) is 3.26. The third-order valence-electron chi connectivity index (χ3n) is 4.09. The number of hydrogen-bond donors (Lipinski definition) is 2. The number of rotatable bonds is 4. The second-order valence-corrected chi connectivity index (χ2v) is 6.68. The third kappa shape index (κ3) is 3.68. The van der Waals surface area contributed by atoms with Gasteiger partial charge in [0.05, 0.1) is 16.3 Å². The Bertz CT molecular complexity index is 881. The smallest absolute Gasteiger partial charge is 0.284 e. The zero-order valence-corrected chi connectivity index (χ0v) is 15.0. The first-order valence-corrected chi connectivity index (χ1v) is 8.57. The molecule has 136 valence electrons. The number of carbonyl (C=O) groups is 3. The molecule has 0 radical (unpaired) electrons. The maximum Gasteiger partial charge on any atom is 0.284 e. The molecule has 1 saturated heterocycles. The van der Waals surface area contributed by atoms with Gasteiger partial charge in [-0.25, -0.2) is 0 Å². The molecule has 1 aliphatic heterocycles. The number of halogens is 2. The number of primary amides is 1. The van der Waals surface area contributed by atoms with Crippen LogP contribution in [-0.4, -0.2) is 35.2 Å². The van der Waals surface area contributed by atoms with Gasteiger partial charge >= 0.3 is 0 Å². The Morgan fingerprint density at radius 3 is 2.69 bits per heavy atom. The zero-order valence-electron chi connectivity index (χ0n) is 13.5. The number of nitrogens with zero attached hydrogens (tertiary/aromatic N) is 1. The number of anilines is 1. The number of carbonyl (C=O) groups excluding carboxylic acids is 3. The van der Waals surface area contributed by atoms with E-state index in [2.05, 4.69) is 5.32 Å². The molecule has 0 spiro atoms. The molecule has 1 aliphatic rings. The van der Waals surface area contributed by atoms with E-state index in [9.17, 15) is 14.4 Å². The van der Waals surface area contributed by atoms with Gasteiger partial charge in [0.2, 0.25) is 5.91 Å². The van der Waals surface area contributed by atoms with E-state index in [1.807, 2.05) is 0 Å². The molecular weight excluding hydrogens is 381 g/mol. The number of benzene rings is 1. The quantitative estimate of drug-likeness (QED) is 0.829. The number of likely N-dealkylation sites (tertiary alicyclic amines) is 1. The number of nitrogens with two attached hydrogens (primary N) is 1. The molecule has 1 atom stereocenters. The summed E-state index contributed by atoms with van der Waals surface area (Å²) in [6.07, 6.45) is 2.34. The van der Waals surface area contributed by atoms with E-state index in [1.165, 1.54) is 17.0 Å². The Labute approximate surface area is 159 Å². The number of furan rings is 1. The van der Waals surface area contributed by atoms with Gasteiger partial charge in [0.25, 0.3) is 11.8 Å². The molecule has 2 heterocycles. The van der Waals surface area contributed by atoms with Crippen molar-refractivity contribution in [2.24, 2.45) is 5.73 Å². The Morgan fingerprint density at radius 2 is 2.00 bits per heavy atom. The van der Waals surface area contributed by atoms with Crippen molar-refractivity contribution in [1.29, 1.82) is 0 Å². The minimum Gasteiger partial charge on any atom is -0.458 e. The molecule has 1 aromatic heterocycles. The Kier molecular flexibility index (Phi) is 5.20. The van der Waals surface area contributed by atoms with Crippen molar-refractivity contribution < 1.29 is 18.8 Å². The van der Waals surface area contributed by atoms with Crippen molar-refractivity contribution in [2.75, 3.05) is 11.9 Å². The molecule has 0 aliphatic carbocycles. The lowest BCUT2D eigenvalue weighted by atomic mass is 10.1. The van der Waals surface area contributed by atoms with Crippen LogP contribution in [0.4, 0.5) is 5.69 Å². The van der Waals surface area contributed by atoms with Crippen LogP contribution in [0.1, 0.15) is 33.8 Å². The fourth-order valence-corrected chi connectivity index (χ4v) is 3.17. The fourth-order valence-electron chi connectivity index (χ4n) is 2.84. The van der Waals surface area contributed by atoms with E-state index in [4.69, 9.17) is 33.4 Å². The monoisotopic (exact) mass is 395 g/mol. The van der Waals surface area contributed by atoms with Gasteiger partial charge in [-0.2, -0.15) is 0 Å². The molecule has 1 fully saturated rings. The first-order chi connectivity index (χ1) is 12.4. The van der Waals surface area contributed by atoms with Crippen molar-refractivity contribution in [3.05, 3.63) is 51.9 Å². The lowest BCUT2D eigenvalue weighted by Crippen LogP contribution is -2.43. The van der Waals surface area contributed by atoms with Crippen LogP contribution >= 0.6 is 23.2 Å².